The molecular formula is C19H20N2O6. The van der Waals surface area contributed by atoms with Crippen molar-refractivity contribution in [3.8, 4) is 5.75 Å². The zero-order chi connectivity index (χ0) is 20.0. The summed E-state index contributed by atoms with van der Waals surface area (Å²) in [5, 5.41) is 13.3. The van der Waals surface area contributed by atoms with Gasteiger partial charge in [0, 0.05) is 17.8 Å². The van der Waals surface area contributed by atoms with Crippen LogP contribution < -0.4 is 10.1 Å². The summed E-state index contributed by atoms with van der Waals surface area (Å²) in [5.41, 5.74) is 0.370. The molecule has 0 bridgehead atoms. The molecule has 0 heterocycles. The Morgan fingerprint density at radius 1 is 1.07 bits per heavy atom. The number of nitrogens with one attached hydrogen (secondary N) is 1. The third-order valence-electron chi connectivity index (χ3n) is 3.44. The molecule has 1 atom stereocenters. The molecule has 0 unspecified atom stereocenters. The summed E-state index contributed by atoms with van der Waals surface area (Å²) in [4.78, 5) is 34.5. The molecule has 8 heteroatoms. The van der Waals surface area contributed by atoms with E-state index in [9.17, 15) is 19.7 Å². The molecule has 0 aliphatic carbocycles. The average Bonchev–Trinajstić information content (AvgIpc) is 2.61. The van der Waals surface area contributed by atoms with Gasteiger partial charge in [0.1, 0.15) is 5.75 Å². The number of non-ortho nitro benzene ring substituents is 1. The van der Waals surface area contributed by atoms with E-state index >= 15 is 0 Å². The van der Waals surface area contributed by atoms with E-state index in [0.717, 1.165) is 0 Å². The number of rotatable bonds is 7. The molecule has 2 rings (SSSR count). The normalized spacial score (nSPS) is 11.6. The minimum absolute atomic E-state index is 0.0142. The molecule has 0 fully saturated rings. The fourth-order valence-corrected chi connectivity index (χ4v) is 2.16. The standard InChI is InChI=1S/C19H20N2O6/c1-12(2)26-17-9-7-14(8-10-17)19(23)27-13(3)18(22)20-15-5-4-6-16(11-15)21(24)25/h4-13H,1-3H3,(H,20,22)/t13-/m1/s1. The van der Waals surface area contributed by atoms with Crippen molar-refractivity contribution in [2.75, 3.05) is 5.32 Å². The lowest BCUT2D eigenvalue weighted by Gasteiger charge is -2.14. The fraction of sp³-hybridized carbons (Fsp3) is 0.263. The molecule has 2 aromatic rings. The van der Waals surface area contributed by atoms with Crippen molar-refractivity contribution in [3.05, 3.63) is 64.2 Å². The minimum Gasteiger partial charge on any atom is -0.491 e. The van der Waals surface area contributed by atoms with E-state index in [1.807, 2.05) is 13.8 Å². The number of hydrogen-bond acceptors (Lipinski definition) is 6. The van der Waals surface area contributed by atoms with Crippen molar-refractivity contribution in [3.63, 3.8) is 0 Å². The molecule has 2 aromatic carbocycles. The van der Waals surface area contributed by atoms with E-state index in [1.54, 1.807) is 24.3 Å². The Hall–Kier alpha value is -3.42. The number of carbonyl (C=O) groups is 2. The first kappa shape index (κ1) is 19.9. The zero-order valence-corrected chi connectivity index (χ0v) is 15.2. The maximum Gasteiger partial charge on any atom is 0.338 e. The maximum atomic E-state index is 12.2. The first-order valence-electron chi connectivity index (χ1n) is 8.29. The van der Waals surface area contributed by atoms with Gasteiger partial charge in [-0.25, -0.2) is 4.79 Å². The van der Waals surface area contributed by atoms with E-state index < -0.39 is 22.9 Å². The highest BCUT2D eigenvalue weighted by Crippen LogP contribution is 2.18. The van der Waals surface area contributed by atoms with Crippen molar-refractivity contribution in [2.45, 2.75) is 33.0 Å². The number of nitrogens with zero attached hydrogens (tertiary/aromatic N) is 1. The molecule has 0 aromatic heterocycles. The lowest BCUT2D eigenvalue weighted by Crippen LogP contribution is -2.30. The number of ether oxygens (including phenoxy) is 2. The third-order valence-corrected chi connectivity index (χ3v) is 3.44. The van der Waals surface area contributed by atoms with Crippen molar-refractivity contribution >= 4 is 23.3 Å². The van der Waals surface area contributed by atoms with Gasteiger partial charge in [0.15, 0.2) is 6.10 Å². The molecule has 27 heavy (non-hydrogen) atoms. The van der Waals surface area contributed by atoms with Crippen LogP contribution in [0, 0.1) is 10.1 Å². The molecular weight excluding hydrogens is 352 g/mol. The Morgan fingerprint density at radius 2 is 1.74 bits per heavy atom. The Kier molecular flexibility index (Phi) is 6.48. The SMILES string of the molecule is CC(C)Oc1ccc(C(=O)O[C@H](C)C(=O)Nc2cccc([N+](=O)[O-])c2)cc1. The van der Waals surface area contributed by atoms with Crippen molar-refractivity contribution in [1.82, 2.24) is 0 Å². The highest BCUT2D eigenvalue weighted by Gasteiger charge is 2.20. The molecule has 0 aliphatic heterocycles. The van der Waals surface area contributed by atoms with Gasteiger partial charge < -0.3 is 14.8 Å². The topological polar surface area (TPSA) is 108 Å². The van der Waals surface area contributed by atoms with Gasteiger partial charge >= 0.3 is 5.97 Å². The fourth-order valence-electron chi connectivity index (χ4n) is 2.16. The molecule has 8 nitrogen and oxygen atoms in total. The smallest absolute Gasteiger partial charge is 0.338 e. The largest absolute Gasteiger partial charge is 0.491 e. The van der Waals surface area contributed by atoms with Gasteiger partial charge in [-0.3, -0.25) is 14.9 Å². The lowest BCUT2D eigenvalue weighted by molar-refractivity contribution is -0.384. The Morgan fingerprint density at radius 3 is 2.33 bits per heavy atom. The van der Waals surface area contributed by atoms with Crippen LogP contribution in [0.4, 0.5) is 11.4 Å². The summed E-state index contributed by atoms with van der Waals surface area (Å²) < 4.78 is 10.6. The van der Waals surface area contributed by atoms with Crippen molar-refractivity contribution in [1.29, 1.82) is 0 Å². The first-order valence-corrected chi connectivity index (χ1v) is 8.29. The monoisotopic (exact) mass is 372 g/mol. The van der Waals surface area contributed by atoms with Crippen LogP contribution >= 0.6 is 0 Å². The summed E-state index contributed by atoms with van der Waals surface area (Å²) >= 11 is 0. The zero-order valence-electron chi connectivity index (χ0n) is 15.2. The number of esters is 1. The molecule has 0 saturated heterocycles. The number of anilines is 1. The van der Waals surface area contributed by atoms with E-state index in [0.29, 0.717) is 5.75 Å². The van der Waals surface area contributed by atoms with E-state index in [4.69, 9.17) is 9.47 Å². The predicted octanol–water partition coefficient (Wildman–Crippen LogP) is 3.57. The Labute approximate surface area is 156 Å². The first-order chi connectivity index (χ1) is 12.8. The molecule has 0 radical (unpaired) electrons. The van der Waals surface area contributed by atoms with Gasteiger partial charge in [-0.2, -0.15) is 0 Å². The highest BCUT2D eigenvalue weighted by atomic mass is 16.6. The number of benzene rings is 2. The summed E-state index contributed by atoms with van der Waals surface area (Å²) in [6.45, 7) is 5.20. The minimum atomic E-state index is -1.08. The second kappa shape index (κ2) is 8.79. The molecule has 1 N–H and O–H groups in total. The Balaban J connectivity index is 1.96. The number of amides is 1. The van der Waals surface area contributed by atoms with E-state index in [1.165, 1.54) is 31.2 Å². The molecule has 142 valence electrons. The van der Waals surface area contributed by atoms with Gasteiger partial charge in [0.2, 0.25) is 0 Å². The van der Waals surface area contributed by atoms with Gasteiger partial charge in [0.25, 0.3) is 11.6 Å². The van der Waals surface area contributed by atoms with E-state index in [-0.39, 0.29) is 23.0 Å². The number of nitro benzene ring substituents is 1. The van der Waals surface area contributed by atoms with Crippen LogP contribution in [0.15, 0.2) is 48.5 Å². The average molecular weight is 372 g/mol. The van der Waals surface area contributed by atoms with Crippen molar-refractivity contribution < 1.29 is 24.0 Å². The summed E-state index contributed by atoms with van der Waals surface area (Å²) in [5.74, 6) is -0.630. The van der Waals surface area contributed by atoms with Crippen LogP contribution in [-0.2, 0) is 9.53 Å². The van der Waals surface area contributed by atoms with Crippen LogP contribution in [0.2, 0.25) is 0 Å². The molecule has 0 aliphatic rings. The lowest BCUT2D eigenvalue weighted by atomic mass is 10.2. The van der Waals surface area contributed by atoms with Gasteiger partial charge in [0.05, 0.1) is 16.6 Å². The number of carbonyl (C=O) groups excluding carboxylic acids is 2. The quantitative estimate of drug-likeness (QED) is 0.452. The molecule has 0 saturated carbocycles. The van der Waals surface area contributed by atoms with Crippen molar-refractivity contribution in [2.24, 2.45) is 0 Å². The second-order valence-corrected chi connectivity index (χ2v) is 6.04. The third kappa shape index (κ3) is 5.81. The van der Waals surface area contributed by atoms with Gasteiger partial charge in [-0.1, -0.05) is 6.07 Å². The molecule has 1 amide bonds. The summed E-state index contributed by atoms with van der Waals surface area (Å²) in [6, 6.07) is 11.9. The molecule has 0 spiro atoms. The van der Waals surface area contributed by atoms with Gasteiger partial charge in [-0.05, 0) is 51.1 Å². The summed E-state index contributed by atoms with van der Waals surface area (Å²) in [6.07, 6.45) is -1.07. The Bertz CT molecular complexity index is 832. The predicted molar refractivity (Wildman–Crippen MR) is 98.8 cm³/mol. The van der Waals surface area contributed by atoms with Crippen LogP contribution in [-0.4, -0.2) is 29.0 Å². The van der Waals surface area contributed by atoms with E-state index in [2.05, 4.69) is 5.32 Å². The number of nitro groups is 1. The summed E-state index contributed by atoms with van der Waals surface area (Å²) in [7, 11) is 0. The highest BCUT2D eigenvalue weighted by molar-refractivity contribution is 5.97. The van der Waals surface area contributed by atoms with Crippen LogP contribution in [0.25, 0.3) is 0 Å². The van der Waals surface area contributed by atoms with Crippen LogP contribution in [0.1, 0.15) is 31.1 Å². The maximum absolute atomic E-state index is 12.2. The van der Waals surface area contributed by atoms with Crippen LogP contribution in [0.5, 0.6) is 5.75 Å². The second-order valence-electron chi connectivity index (χ2n) is 6.04. The van der Waals surface area contributed by atoms with Crippen LogP contribution in [0.3, 0.4) is 0 Å². The van der Waals surface area contributed by atoms with Gasteiger partial charge in [-0.15, -0.1) is 0 Å². The number of hydrogen-bond donors (Lipinski definition) is 1.